The zero-order valence-corrected chi connectivity index (χ0v) is 12.0. The molecular formula is C14H13NO5S. The summed E-state index contributed by atoms with van der Waals surface area (Å²) in [6.45, 7) is 0. The minimum atomic E-state index is -3.65. The third-order valence-electron chi connectivity index (χ3n) is 2.89. The van der Waals surface area contributed by atoms with Crippen LogP contribution in [0.15, 0.2) is 53.4 Å². The summed E-state index contributed by atoms with van der Waals surface area (Å²) in [4.78, 5) is 10.1. The standard InChI is InChI=1S/C14H13NO5S/c1-20-13-9-12(15(16)17)7-8-14(13)21(18,19)10-11-5-3-2-4-6-11/h2-9H,10H2,1H3. The highest BCUT2D eigenvalue weighted by atomic mass is 32.2. The summed E-state index contributed by atoms with van der Waals surface area (Å²) in [7, 11) is -2.37. The second-order valence-electron chi connectivity index (χ2n) is 4.34. The van der Waals surface area contributed by atoms with E-state index in [2.05, 4.69) is 0 Å². The van der Waals surface area contributed by atoms with Gasteiger partial charge in [0.15, 0.2) is 9.84 Å². The Morgan fingerprint density at radius 3 is 2.38 bits per heavy atom. The van der Waals surface area contributed by atoms with E-state index < -0.39 is 14.8 Å². The number of nitro groups is 1. The normalized spacial score (nSPS) is 11.1. The molecule has 0 atom stereocenters. The zero-order chi connectivity index (χ0) is 15.5. The number of non-ortho nitro benzene ring substituents is 1. The third-order valence-corrected chi connectivity index (χ3v) is 4.61. The van der Waals surface area contributed by atoms with Crippen molar-refractivity contribution in [3.63, 3.8) is 0 Å². The Balaban J connectivity index is 2.42. The molecule has 0 radical (unpaired) electrons. The van der Waals surface area contributed by atoms with Gasteiger partial charge >= 0.3 is 0 Å². The highest BCUT2D eigenvalue weighted by molar-refractivity contribution is 7.90. The first-order chi connectivity index (χ1) is 9.94. The van der Waals surface area contributed by atoms with Gasteiger partial charge in [-0.05, 0) is 11.6 Å². The molecule has 0 spiro atoms. The number of hydrogen-bond donors (Lipinski definition) is 0. The van der Waals surface area contributed by atoms with E-state index in [0.717, 1.165) is 12.1 Å². The molecule has 0 saturated carbocycles. The number of benzene rings is 2. The summed E-state index contributed by atoms with van der Waals surface area (Å²) in [5.41, 5.74) is 0.420. The second-order valence-corrected chi connectivity index (χ2v) is 6.29. The highest BCUT2D eigenvalue weighted by Crippen LogP contribution is 2.30. The summed E-state index contributed by atoms with van der Waals surface area (Å²) in [6.07, 6.45) is 0. The van der Waals surface area contributed by atoms with Crippen LogP contribution in [0.1, 0.15) is 5.56 Å². The van der Waals surface area contributed by atoms with Crippen LogP contribution in [0.2, 0.25) is 0 Å². The van der Waals surface area contributed by atoms with E-state index in [1.165, 1.54) is 13.2 Å². The van der Waals surface area contributed by atoms with Crippen molar-refractivity contribution >= 4 is 15.5 Å². The van der Waals surface area contributed by atoms with Crippen molar-refractivity contribution < 1.29 is 18.1 Å². The number of sulfone groups is 1. The Bertz CT molecular complexity index is 756. The Hall–Kier alpha value is -2.41. The number of ether oxygens (including phenoxy) is 1. The topological polar surface area (TPSA) is 86.5 Å². The van der Waals surface area contributed by atoms with Crippen LogP contribution >= 0.6 is 0 Å². The minimum absolute atomic E-state index is 0.0277. The number of rotatable bonds is 5. The summed E-state index contributed by atoms with van der Waals surface area (Å²) < 4.78 is 29.8. The fourth-order valence-electron chi connectivity index (χ4n) is 1.90. The van der Waals surface area contributed by atoms with Crippen LogP contribution in [0, 0.1) is 10.1 Å². The van der Waals surface area contributed by atoms with Gasteiger partial charge in [0.2, 0.25) is 0 Å². The molecule has 0 aromatic heterocycles. The zero-order valence-electron chi connectivity index (χ0n) is 11.2. The van der Waals surface area contributed by atoms with E-state index in [-0.39, 0.29) is 22.1 Å². The maximum atomic E-state index is 12.4. The average molecular weight is 307 g/mol. The number of methoxy groups -OCH3 is 1. The van der Waals surface area contributed by atoms with Gasteiger partial charge in [0.05, 0.1) is 23.9 Å². The SMILES string of the molecule is COc1cc([N+](=O)[O-])ccc1S(=O)(=O)Cc1ccccc1. The molecule has 0 N–H and O–H groups in total. The van der Waals surface area contributed by atoms with Gasteiger partial charge in [0.25, 0.3) is 5.69 Å². The lowest BCUT2D eigenvalue weighted by Gasteiger charge is -2.09. The van der Waals surface area contributed by atoms with Crippen molar-refractivity contribution in [1.82, 2.24) is 0 Å². The van der Waals surface area contributed by atoms with Gasteiger partial charge in [-0.25, -0.2) is 8.42 Å². The van der Waals surface area contributed by atoms with Crippen LogP contribution in [0.4, 0.5) is 5.69 Å². The van der Waals surface area contributed by atoms with E-state index in [1.54, 1.807) is 30.3 Å². The second kappa shape index (κ2) is 5.92. The van der Waals surface area contributed by atoms with E-state index in [1.807, 2.05) is 0 Å². The van der Waals surface area contributed by atoms with Crippen LogP contribution in [-0.4, -0.2) is 20.5 Å². The monoisotopic (exact) mass is 307 g/mol. The molecule has 0 aliphatic carbocycles. The average Bonchev–Trinajstić information content (AvgIpc) is 2.47. The molecule has 6 nitrogen and oxygen atoms in total. The molecule has 2 aromatic rings. The molecule has 0 bridgehead atoms. The Kier molecular flexibility index (Phi) is 4.23. The lowest BCUT2D eigenvalue weighted by Crippen LogP contribution is -2.07. The van der Waals surface area contributed by atoms with E-state index in [4.69, 9.17) is 4.74 Å². The van der Waals surface area contributed by atoms with E-state index >= 15 is 0 Å². The number of hydrogen-bond acceptors (Lipinski definition) is 5. The number of nitrogens with zero attached hydrogens (tertiary/aromatic N) is 1. The molecule has 0 saturated heterocycles. The largest absolute Gasteiger partial charge is 0.495 e. The Labute approximate surface area is 122 Å². The van der Waals surface area contributed by atoms with Gasteiger partial charge in [0, 0.05) is 6.07 Å². The van der Waals surface area contributed by atoms with Gasteiger partial charge < -0.3 is 4.74 Å². The summed E-state index contributed by atoms with van der Waals surface area (Å²) in [5.74, 6) is -0.220. The predicted octanol–water partition coefficient (Wildman–Crippen LogP) is 2.58. The molecule has 0 aliphatic heterocycles. The fourth-order valence-corrected chi connectivity index (χ4v) is 3.41. The Morgan fingerprint density at radius 2 is 1.81 bits per heavy atom. The maximum absolute atomic E-state index is 12.4. The van der Waals surface area contributed by atoms with E-state index in [0.29, 0.717) is 5.56 Å². The smallest absolute Gasteiger partial charge is 0.273 e. The van der Waals surface area contributed by atoms with Crippen molar-refractivity contribution in [2.24, 2.45) is 0 Å². The first kappa shape index (κ1) is 15.0. The lowest BCUT2D eigenvalue weighted by atomic mass is 10.2. The van der Waals surface area contributed by atoms with Crippen LogP contribution in [0.5, 0.6) is 5.75 Å². The van der Waals surface area contributed by atoms with Crippen molar-refractivity contribution in [2.75, 3.05) is 7.11 Å². The molecule has 2 aromatic carbocycles. The fraction of sp³-hybridized carbons (Fsp3) is 0.143. The molecule has 0 unspecified atom stereocenters. The van der Waals surface area contributed by atoms with Crippen LogP contribution in [-0.2, 0) is 15.6 Å². The van der Waals surface area contributed by atoms with Gasteiger partial charge in [-0.1, -0.05) is 30.3 Å². The van der Waals surface area contributed by atoms with Crippen molar-refractivity contribution in [3.05, 3.63) is 64.2 Å². The lowest BCUT2D eigenvalue weighted by molar-refractivity contribution is -0.385. The molecule has 21 heavy (non-hydrogen) atoms. The molecule has 7 heteroatoms. The Morgan fingerprint density at radius 1 is 1.14 bits per heavy atom. The quantitative estimate of drug-likeness (QED) is 0.626. The minimum Gasteiger partial charge on any atom is -0.495 e. The van der Waals surface area contributed by atoms with Crippen LogP contribution in [0.3, 0.4) is 0 Å². The molecule has 0 fully saturated rings. The van der Waals surface area contributed by atoms with Crippen molar-refractivity contribution in [1.29, 1.82) is 0 Å². The van der Waals surface area contributed by atoms with Crippen LogP contribution in [0.25, 0.3) is 0 Å². The molecular weight excluding hydrogens is 294 g/mol. The number of nitro benzene ring substituents is 1. The summed E-state index contributed by atoms with van der Waals surface area (Å²) >= 11 is 0. The highest BCUT2D eigenvalue weighted by Gasteiger charge is 2.22. The van der Waals surface area contributed by atoms with Gasteiger partial charge in [-0.15, -0.1) is 0 Å². The predicted molar refractivity (Wildman–Crippen MR) is 77.0 cm³/mol. The third kappa shape index (κ3) is 3.38. The summed E-state index contributed by atoms with van der Waals surface area (Å²) in [5, 5.41) is 10.7. The van der Waals surface area contributed by atoms with Crippen molar-refractivity contribution in [2.45, 2.75) is 10.6 Å². The van der Waals surface area contributed by atoms with Crippen LogP contribution < -0.4 is 4.74 Å². The molecule has 2 rings (SSSR count). The summed E-state index contributed by atoms with van der Waals surface area (Å²) in [6, 6.07) is 12.2. The molecule has 0 amide bonds. The van der Waals surface area contributed by atoms with Gasteiger partial charge in [-0.2, -0.15) is 0 Å². The van der Waals surface area contributed by atoms with E-state index in [9.17, 15) is 18.5 Å². The first-order valence-corrected chi connectivity index (χ1v) is 7.68. The molecule has 0 heterocycles. The van der Waals surface area contributed by atoms with Crippen molar-refractivity contribution in [3.8, 4) is 5.75 Å². The first-order valence-electron chi connectivity index (χ1n) is 6.03. The van der Waals surface area contributed by atoms with Gasteiger partial charge in [-0.3, -0.25) is 10.1 Å². The molecule has 0 aliphatic rings. The van der Waals surface area contributed by atoms with Gasteiger partial charge in [0.1, 0.15) is 10.6 Å². The maximum Gasteiger partial charge on any atom is 0.273 e. The molecule has 110 valence electrons.